The Hall–Kier alpha value is -5.20. The largest absolute Gasteiger partial charge is 0.497 e. The standard InChI is InChI=1S/C31H25N5O3S/c1-38-26-12-8-21(9-13-26)16-28-19-33-31(40-28)34-30(37)23(18-32)17-24-20-36(25-6-4-3-5-7-25)35-29(24)22-10-14-27(39-2)15-11-22/h3-15,17,19-20H,16H2,1-2H3,(H,33,34,37). The number of benzene rings is 3. The molecule has 0 aliphatic carbocycles. The minimum Gasteiger partial charge on any atom is -0.497 e. The Labute approximate surface area is 235 Å². The van der Waals surface area contributed by atoms with Gasteiger partial charge in [-0.3, -0.25) is 10.1 Å². The first-order chi connectivity index (χ1) is 19.6. The Morgan fingerprint density at radius 2 is 1.68 bits per heavy atom. The van der Waals surface area contributed by atoms with Crippen LogP contribution in [0, 0.1) is 11.3 Å². The number of methoxy groups -OCH3 is 2. The van der Waals surface area contributed by atoms with Gasteiger partial charge in [-0.15, -0.1) is 11.3 Å². The van der Waals surface area contributed by atoms with Crippen molar-refractivity contribution in [2.45, 2.75) is 6.42 Å². The zero-order valence-corrected chi connectivity index (χ0v) is 22.7. The van der Waals surface area contributed by atoms with Crippen LogP contribution in [0.25, 0.3) is 23.0 Å². The molecule has 0 atom stereocenters. The molecule has 0 aliphatic rings. The number of nitrogens with one attached hydrogen (secondary N) is 1. The minimum atomic E-state index is -0.541. The van der Waals surface area contributed by atoms with E-state index in [4.69, 9.17) is 14.6 Å². The third-order valence-corrected chi connectivity index (χ3v) is 7.02. The molecule has 1 amide bonds. The highest BCUT2D eigenvalue weighted by atomic mass is 32.1. The molecule has 0 unspecified atom stereocenters. The molecular weight excluding hydrogens is 522 g/mol. The number of hydrogen-bond acceptors (Lipinski definition) is 7. The summed E-state index contributed by atoms with van der Waals surface area (Å²) in [4.78, 5) is 18.4. The fourth-order valence-corrected chi connectivity index (χ4v) is 4.88. The van der Waals surface area contributed by atoms with Gasteiger partial charge < -0.3 is 9.47 Å². The van der Waals surface area contributed by atoms with E-state index >= 15 is 0 Å². The van der Waals surface area contributed by atoms with Crippen molar-refractivity contribution < 1.29 is 14.3 Å². The molecule has 8 nitrogen and oxygen atoms in total. The van der Waals surface area contributed by atoms with Gasteiger partial charge in [-0.1, -0.05) is 30.3 Å². The van der Waals surface area contributed by atoms with E-state index in [2.05, 4.69) is 10.3 Å². The van der Waals surface area contributed by atoms with E-state index in [0.717, 1.165) is 33.2 Å². The van der Waals surface area contributed by atoms with Gasteiger partial charge in [0, 0.05) is 34.8 Å². The SMILES string of the molecule is COc1ccc(Cc2cnc(NC(=O)C(C#N)=Cc3cn(-c4ccccc4)nc3-c3ccc(OC)cc3)s2)cc1. The van der Waals surface area contributed by atoms with Gasteiger partial charge in [0.25, 0.3) is 5.91 Å². The highest BCUT2D eigenvalue weighted by Crippen LogP contribution is 2.28. The third-order valence-electron chi connectivity index (χ3n) is 6.10. The number of thiazole rings is 1. The van der Waals surface area contributed by atoms with Gasteiger partial charge in [-0.2, -0.15) is 10.4 Å². The molecule has 40 heavy (non-hydrogen) atoms. The van der Waals surface area contributed by atoms with Crippen LogP contribution in [-0.4, -0.2) is 34.9 Å². The molecule has 0 aliphatic heterocycles. The number of hydrogen-bond donors (Lipinski definition) is 1. The predicted octanol–water partition coefficient (Wildman–Crippen LogP) is 6.15. The van der Waals surface area contributed by atoms with Crippen molar-refractivity contribution in [2.75, 3.05) is 19.5 Å². The summed E-state index contributed by atoms with van der Waals surface area (Å²) in [5, 5.41) is 17.8. The van der Waals surface area contributed by atoms with E-state index in [-0.39, 0.29) is 5.57 Å². The number of carbonyl (C=O) groups excluding carboxylic acids is 1. The quantitative estimate of drug-likeness (QED) is 0.175. The van der Waals surface area contributed by atoms with E-state index in [1.807, 2.05) is 84.9 Å². The second kappa shape index (κ2) is 12.1. The maximum absolute atomic E-state index is 13.1. The van der Waals surface area contributed by atoms with Crippen molar-refractivity contribution in [3.05, 3.63) is 113 Å². The van der Waals surface area contributed by atoms with E-state index in [1.54, 1.807) is 37.4 Å². The molecule has 9 heteroatoms. The molecule has 2 aromatic heterocycles. The van der Waals surface area contributed by atoms with Gasteiger partial charge in [-0.25, -0.2) is 9.67 Å². The summed E-state index contributed by atoms with van der Waals surface area (Å²) >= 11 is 1.37. The van der Waals surface area contributed by atoms with Gasteiger partial charge in [0.2, 0.25) is 0 Å². The summed E-state index contributed by atoms with van der Waals surface area (Å²) in [6, 6.07) is 26.9. The number of para-hydroxylation sites is 1. The van der Waals surface area contributed by atoms with Crippen LogP contribution < -0.4 is 14.8 Å². The molecule has 0 fully saturated rings. The zero-order valence-electron chi connectivity index (χ0n) is 21.9. The maximum Gasteiger partial charge on any atom is 0.268 e. The molecule has 198 valence electrons. The minimum absolute atomic E-state index is 0.0609. The van der Waals surface area contributed by atoms with Crippen molar-refractivity contribution in [3.8, 4) is 34.5 Å². The van der Waals surface area contributed by atoms with Gasteiger partial charge in [0.05, 0.1) is 25.6 Å². The van der Waals surface area contributed by atoms with E-state index in [0.29, 0.717) is 22.8 Å². The van der Waals surface area contributed by atoms with Crippen molar-refractivity contribution >= 4 is 28.5 Å². The molecule has 1 N–H and O–H groups in total. The van der Waals surface area contributed by atoms with Crippen LogP contribution in [0.15, 0.2) is 96.8 Å². The topological polar surface area (TPSA) is 102 Å². The molecule has 3 aromatic carbocycles. The summed E-state index contributed by atoms with van der Waals surface area (Å²) in [7, 11) is 3.24. The van der Waals surface area contributed by atoms with Crippen LogP contribution in [0.2, 0.25) is 0 Å². The molecule has 0 bridgehead atoms. The lowest BCUT2D eigenvalue weighted by Gasteiger charge is -2.03. The van der Waals surface area contributed by atoms with Gasteiger partial charge in [-0.05, 0) is 60.2 Å². The molecule has 2 heterocycles. The first kappa shape index (κ1) is 26.4. The van der Waals surface area contributed by atoms with Crippen LogP contribution in [0.3, 0.4) is 0 Å². The number of nitriles is 1. The number of rotatable bonds is 9. The number of anilines is 1. The summed E-state index contributed by atoms with van der Waals surface area (Å²) in [5.41, 5.74) is 3.97. The average Bonchev–Trinajstić information content (AvgIpc) is 3.63. The monoisotopic (exact) mass is 547 g/mol. The Balaban J connectivity index is 1.39. The van der Waals surface area contributed by atoms with Crippen LogP contribution in [0.5, 0.6) is 11.5 Å². The lowest BCUT2D eigenvalue weighted by atomic mass is 10.1. The van der Waals surface area contributed by atoms with E-state index in [1.165, 1.54) is 11.3 Å². The highest BCUT2D eigenvalue weighted by Gasteiger charge is 2.17. The summed E-state index contributed by atoms with van der Waals surface area (Å²) in [6.45, 7) is 0. The molecule has 5 rings (SSSR count). The number of carbonyl (C=O) groups is 1. The number of nitrogens with zero attached hydrogens (tertiary/aromatic N) is 4. The van der Waals surface area contributed by atoms with Crippen molar-refractivity contribution in [1.29, 1.82) is 5.26 Å². The summed E-state index contributed by atoms with van der Waals surface area (Å²) in [5.74, 6) is 0.970. The smallest absolute Gasteiger partial charge is 0.268 e. The van der Waals surface area contributed by atoms with Gasteiger partial charge >= 0.3 is 0 Å². The fourth-order valence-electron chi connectivity index (χ4n) is 4.04. The Morgan fingerprint density at radius 3 is 2.33 bits per heavy atom. The first-order valence-electron chi connectivity index (χ1n) is 12.4. The molecule has 0 saturated heterocycles. The average molecular weight is 548 g/mol. The second-order valence-corrected chi connectivity index (χ2v) is 9.84. The van der Waals surface area contributed by atoms with Crippen LogP contribution in [-0.2, 0) is 11.2 Å². The predicted molar refractivity (Wildman–Crippen MR) is 156 cm³/mol. The van der Waals surface area contributed by atoms with Crippen molar-refractivity contribution in [2.24, 2.45) is 0 Å². The first-order valence-corrected chi connectivity index (χ1v) is 13.2. The Kier molecular flexibility index (Phi) is 7.99. The highest BCUT2D eigenvalue weighted by molar-refractivity contribution is 7.15. The van der Waals surface area contributed by atoms with Crippen molar-refractivity contribution in [1.82, 2.24) is 14.8 Å². The maximum atomic E-state index is 13.1. The number of amides is 1. The molecule has 5 aromatic rings. The van der Waals surface area contributed by atoms with Gasteiger partial charge in [0.1, 0.15) is 23.1 Å². The third kappa shape index (κ3) is 6.09. The molecule has 0 saturated carbocycles. The normalized spacial score (nSPS) is 11.1. The molecule has 0 radical (unpaired) electrons. The number of aromatic nitrogens is 3. The van der Waals surface area contributed by atoms with Crippen LogP contribution in [0.4, 0.5) is 5.13 Å². The van der Waals surface area contributed by atoms with Crippen LogP contribution >= 0.6 is 11.3 Å². The lowest BCUT2D eigenvalue weighted by molar-refractivity contribution is -0.112. The van der Waals surface area contributed by atoms with Crippen LogP contribution in [0.1, 0.15) is 16.0 Å². The van der Waals surface area contributed by atoms with Crippen molar-refractivity contribution in [3.63, 3.8) is 0 Å². The number of ether oxygens (including phenoxy) is 2. The Morgan fingerprint density at radius 1 is 1.00 bits per heavy atom. The summed E-state index contributed by atoms with van der Waals surface area (Å²) < 4.78 is 12.2. The fraction of sp³-hybridized carbons (Fsp3) is 0.0968. The Bertz CT molecular complexity index is 1680. The summed E-state index contributed by atoms with van der Waals surface area (Å²) in [6.07, 6.45) is 5.75. The second-order valence-electron chi connectivity index (χ2n) is 8.72. The zero-order chi connectivity index (χ0) is 27.9. The molecule has 0 spiro atoms. The lowest BCUT2D eigenvalue weighted by Crippen LogP contribution is -2.13. The van der Waals surface area contributed by atoms with E-state index in [9.17, 15) is 10.1 Å². The molecular formula is C31H25N5O3S. The van der Waals surface area contributed by atoms with E-state index < -0.39 is 5.91 Å². The van der Waals surface area contributed by atoms with Gasteiger partial charge in [0.15, 0.2) is 5.13 Å².